The number of hydrogen-bond donors (Lipinski definition) is 3. The topological polar surface area (TPSA) is 152 Å². The molecule has 3 fully saturated rings. The first-order valence-electron chi connectivity index (χ1n) is 16.3. The normalized spacial score (nSPS) is 45.8. The van der Waals surface area contributed by atoms with E-state index in [1.54, 1.807) is 27.7 Å². The number of methoxy groups -OCH3 is 1. The Balaban J connectivity index is 2.08. The molecule has 11 nitrogen and oxygen atoms in total. The minimum absolute atomic E-state index is 0.101. The van der Waals surface area contributed by atoms with Gasteiger partial charge >= 0.3 is 5.97 Å². The summed E-state index contributed by atoms with van der Waals surface area (Å²) in [6.45, 7) is 11.4. The molecular weight excluding hydrogens is 570 g/mol. The molecule has 2 heterocycles. The second-order valence-corrected chi connectivity index (χ2v) is 14.4. The molecule has 1 aliphatic carbocycles. The predicted molar refractivity (Wildman–Crippen MR) is 162 cm³/mol. The molecule has 3 rings (SSSR count). The number of aliphatic hydroxyl groups is 3. The van der Waals surface area contributed by atoms with E-state index in [4.69, 9.17) is 18.9 Å². The van der Waals surface area contributed by atoms with Crippen molar-refractivity contribution in [1.29, 1.82) is 0 Å². The molecule has 0 aromatic rings. The second kappa shape index (κ2) is 14.5. The molecule has 254 valence electrons. The standard InChI is InChI=1S/C33H57NO10/c1-17-16-32(6,41-10)28(44-31-26(37)23(34(8)9)15-18(2)42-31)20(4)25(36)21(5)30(39)43-29(22-13-11-12-14-22)33(7,40)27(38)19(3)24(17)35/h17-23,26-29,31,37-38,40H,11-16H2,1-10H3/t17-,18-,19+,20+,21-,23+,26-,27-,28-,29?,31?,32+,33+/m1/s1. The third-order valence-corrected chi connectivity index (χ3v) is 10.7. The van der Waals surface area contributed by atoms with Crippen LogP contribution in [-0.4, -0.2) is 113 Å². The fraction of sp³-hybridized carbons (Fsp3) is 0.909. The van der Waals surface area contributed by atoms with Gasteiger partial charge in [0, 0.05) is 30.9 Å². The lowest BCUT2D eigenvalue weighted by Gasteiger charge is -2.47. The van der Waals surface area contributed by atoms with Gasteiger partial charge in [0.1, 0.15) is 29.5 Å². The first kappa shape index (κ1) is 37.0. The Kier molecular flexibility index (Phi) is 12.2. The summed E-state index contributed by atoms with van der Waals surface area (Å²) in [5.74, 6) is -5.65. The Labute approximate surface area is 262 Å². The number of cyclic esters (lactones) is 1. The van der Waals surface area contributed by atoms with Gasteiger partial charge in [-0.05, 0) is 73.4 Å². The average Bonchev–Trinajstić information content (AvgIpc) is 3.51. The quantitative estimate of drug-likeness (QED) is 0.305. The van der Waals surface area contributed by atoms with Crippen molar-refractivity contribution in [1.82, 2.24) is 4.90 Å². The molecule has 2 saturated heterocycles. The number of hydrogen-bond acceptors (Lipinski definition) is 11. The van der Waals surface area contributed by atoms with Gasteiger partial charge in [0.15, 0.2) is 12.1 Å². The molecule has 3 aliphatic rings. The summed E-state index contributed by atoms with van der Waals surface area (Å²) in [6, 6.07) is -0.265. The maximum absolute atomic E-state index is 14.0. The van der Waals surface area contributed by atoms with Crippen molar-refractivity contribution in [3.8, 4) is 0 Å². The Bertz CT molecular complexity index is 1010. The third-order valence-electron chi connectivity index (χ3n) is 10.7. The van der Waals surface area contributed by atoms with Crippen molar-refractivity contribution in [2.24, 2.45) is 29.6 Å². The molecule has 44 heavy (non-hydrogen) atoms. The van der Waals surface area contributed by atoms with Crippen molar-refractivity contribution < 1.29 is 48.7 Å². The Hall–Kier alpha value is -1.47. The Morgan fingerprint density at radius 1 is 0.932 bits per heavy atom. The van der Waals surface area contributed by atoms with Crippen LogP contribution in [0.15, 0.2) is 0 Å². The zero-order chi connectivity index (χ0) is 33.3. The zero-order valence-corrected chi connectivity index (χ0v) is 28.3. The molecule has 13 atom stereocenters. The lowest BCUT2D eigenvalue weighted by Crippen LogP contribution is -2.60. The average molecular weight is 628 g/mol. The van der Waals surface area contributed by atoms with Gasteiger partial charge in [-0.25, -0.2) is 0 Å². The van der Waals surface area contributed by atoms with E-state index < -0.39 is 77.3 Å². The number of carbonyl (C=O) groups excluding carboxylic acids is 3. The fourth-order valence-corrected chi connectivity index (χ4v) is 7.73. The summed E-state index contributed by atoms with van der Waals surface area (Å²) in [4.78, 5) is 43.3. The van der Waals surface area contributed by atoms with Gasteiger partial charge < -0.3 is 39.2 Å². The summed E-state index contributed by atoms with van der Waals surface area (Å²) in [5.41, 5.74) is -3.18. The van der Waals surface area contributed by atoms with Crippen molar-refractivity contribution >= 4 is 17.5 Å². The van der Waals surface area contributed by atoms with Gasteiger partial charge in [-0.3, -0.25) is 14.4 Å². The van der Waals surface area contributed by atoms with E-state index in [9.17, 15) is 29.7 Å². The van der Waals surface area contributed by atoms with E-state index in [0.29, 0.717) is 19.3 Å². The number of esters is 1. The van der Waals surface area contributed by atoms with Crippen LogP contribution in [0.3, 0.4) is 0 Å². The lowest BCUT2D eigenvalue weighted by atomic mass is 9.73. The lowest BCUT2D eigenvalue weighted by molar-refractivity contribution is -0.295. The molecule has 0 aromatic heterocycles. The maximum Gasteiger partial charge on any atom is 0.316 e. The van der Waals surface area contributed by atoms with E-state index in [1.807, 2.05) is 25.9 Å². The summed E-state index contributed by atoms with van der Waals surface area (Å²) in [5, 5.41) is 34.4. The molecule has 0 radical (unpaired) electrons. The number of aliphatic hydroxyl groups excluding tert-OH is 2. The van der Waals surface area contributed by atoms with E-state index >= 15 is 0 Å². The highest BCUT2D eigenvalue weighted by Crippen LogP contribution is 2.41. The highest BCUT2D eigenvalue weighted by atomic mass is 16.7. The molecule has 0 aromatic carbocycles. The van der Waals surface area contributed by atoms with Gasteiger partial charge in [-0.15, -0.1) is 0 Å². The highest BCUT2D eigenvalue weighted by molar-refractivity contribution is 6.00. The molecule has 0 bridgehead atoms. The summed E-state index contributed by atoms with van der Waals surface area (Å²) in [6.07, 6.45) is -2.21. The van der Waals surface area contributed by atoms with Crippen LogP contribution < -0.4 is 0 Å². The predicted octanol–water partition coefficient (Wildman–Crippen LogP) is 2.50. The summed E-state index contributed by atoms with van der Waals surface area (Å²) in [7, 11) is 5.19. The number of ether oxygens (including phenoxy) is 4. The van der Waals surface area contributed by atoms with Crippen molar-refractivity contribution in [3.05, 3.63) is 0 Å². The molecule has 3 N–H and O–H groups in total. The first-order valence-corrected chi connectivity index (χ1v) is 16.3. The van der Waals surface area contributed by atoms with Crippen molar-refractivity contribution in [3.63, 3.8) is 0 Å². The highest BCUT2D eigenvalue weighted by Gasteiger charge is 2.53. The summed E-state index contributed by atoms with van der Waals surface area (Å²) < 4.78 is 24.5. The van der Waals surface area contributed by atoms with Gasteiger partial charge in [0.2, 0.25) is 0 Å². The SMILES string of the molecule is CO[C@@]1(C)C[C@@H](C)C(=O)[C@H](C)[C@@H](O)[C@](C)(O)C(C2CCCC2)OC(=O)[C@H](C)C(=O)[C@H](C)[C@H]1OC1O[C@H](C)C[C@H](N(C)C)[C@H]1O. The van der Waals surface area contributed by atoms with E-state index in [1.165, 1.54) is 21.0 Å². The van der Waals surface area contributed by atoms with Crippen LogP contribution in [0, 0.1) is 29.6 Å². The Morgan fingerprint density at radius 2 is 1.52 bits per heavy atom. The van der Waals surface area contributed by atoms with E-state index in [-0.39, 0.29) is 30.3 Å². The van der Waals surface area contributed by atoms with Crippen molar-refractivity contribution in [2.75, 3.05) is 21.2 Å². The number of ketones is 2. The van der Waals surface area contributed by atoms with Crippen LogP contribution in [0.1, 0.15) is 87.0 Å². The third kappa shape index (κ3) is 7.56. The molecule has 11 heteroatoms. The van der Waals surface area contributed by atoms with Crippen LogP contribution in [0.4, 0.5) is 0 Å². The number of nitrogens with zero attached hydrogens (tertiary/aromatic N) is 1. The molecule has 2 aliphatic heterocycles. The number of likely N-dealkylation sites (N-methyl/N-ethyl adjacent to an activating group) is 1. The number of rotatable bonds is 5. The molecule has 0 amide bonds. The number of carbonyl (C=O) groups is 3. The molecular formula is C33H57NO10. The largest absolute Gasteiger partial charge is 0.458 e. The molecule has 1 saturated carbocycles. The minimum Gasteiger partial charge on any atom is -0.458 e. The van der Waals surface area contributed by atoms with Gasteiger partial charge in [0.05, 0.1) is 23.9 Å². The van der Waals surface area contributed by atoms with Crippen LogP contribution in [0.5, 0.6) is 0 Å². The fourth-order valence-electron chi connectivity index (χ4n) is 7.73. The van der Waals surface area contributed by atoms with Crippen LogP contribution in [-0.2, 0) is 33.3 Å². The van der Waals surface area contributed by atoms with Gasteiger partial charge in [-0.1, -0.05) is 33.6 Å². The van der Waals surface area contributed by atoms with Crippen LogP contribution >= 0.6 is 0 Å². The zero-order valence-electron chi connectivity index (χ0n) is 28.3. The first-order chi connectivity index (χ1) is 20.4. The maximum atomic E-state index is 14.0. The minimum atomic E-state index is -1.93. The van der Waals surface area contributed by atoms with Crippen LogP contribution in [0.2, 0.25) is 0 Å². The second-order valence-electron chi connectivity index (χ2n) is 14.4. The van der Waals surface area contributed by atoms with Gasteiger partial charge in [0.25, 0.3) is 0 Å². The molecule has 2 unspecified atom stereocenters. The van der Waals surface area contributed by atoms with Crippen LogP contribution in [0.25, 0.3) is 0 Å². The van der Waals surface area contributed by atoms with Gasteiger partial charge in [-0.2, -0.15) is 0 Å². The Morgan fingerprint density at radius 3 is 2.07 bits per heavy atom. The molecule has 0 spiro atoms. The van der Waals surface area contributed by atoms with Crippen molar-refractivity contribution in [2.45, 2.75) is 141 Å². The smallest absolute Gasteiger partial charge is 0.316 e. The summed E-state index contributed by atoms with van der Waals surface area (Å²) >= 11 is 0. The van der Waals surface area contributed by atoms with E-state index in [0.717, 1.165) is 12.8 Å². The van der Waals surface area contributed by atoms with E-state index in [2.05, 4.69) is 0 Å². The monoisotopic (exact) mass is 627 g/mol. The number of Topliss-reactive ketones (excluding diaryl/α,β-unsaturated/α-hetero) is 2.